The largest absolute Gasteiger partial charge is 0.447 e. The maximum atomic E-state index is 12.4. The standard InChI is InChI=1S/C15H15N3O4S/c1-11-10-12(6-7-16-11)17-23(20,21)14-4-2-13(3-5-14)18-8-9-22-15(18)19/h2-7,10H,8-9H2,1H3,(H,16,17). The van der Waals surface area contributed by atoms with Gasteiger partial charge in [-0.3, -0.25) is 14.6 Å². The summed E-state index contributed by atoms with van der Waals surface area (Å²) in [7, 11) is -3.70. The number of amides is 1. The first-order valence-electron chi connectivity index (χ1n) is 6.95. The van der Waals surface area contributed by atoms with Crippen molar-refractivity contribution in [1.29, 1.82) is 0 Å². The van der Waals surface area contributed by atoms with Crippen LogP contribution in [0.4, 0.5) is 16.2 Å². The van der Waals surface area contributed by atoms with E-state index < -0.39 is 16.1 Å². The highest BCUT2D eigenvalue weighted by Crippen LogP contribution is 2.22. The molecule has 1 aromatic carbocycles. The Morgan fingerprint density at radius 1 is 1.22 bits per heavy atom. The molecule has 1 amide bonds. The van der Waals surface area contributed by atoms with E-state index in [2.05, 4.69) is 9.71 Å². The molecule has 0 spiro atoms. The van der Waals surface area contributed by atoms with Crippen molar-refractivity contribution >= 4 is 27.5 Å². The molecule has 0 radical (unpaired) electrons. The van der Waals surface area contributed by atoms with Crippen molar-refractivity contribution in [3.8, 4) is 0 Å². The number of aromatic nitrogens is 1. The van der Waals surface area contributed by atoms with Crippen molar-refractivity contribution in [1.82, 2.24) is 4.98 Å². The number of carbonyl (C=O) groups excluding carboxylic acids is 1. The van der Waals surface area contributed by atoms with E-state index in [1.165, 1.54) is 23.2 Å². The van der Waals surface area contributed by atoms with Crippen LogP contribution < -0.4 is 9.62 Å². The lowest BCUT2D eigenvalue weighted by Gasteiger charge is -2.13. The highest BCUT2D eigenvalue weighted by Gasteiger charge is 2.24. The summed E-state index contributed by atoms with van der Waals surface area (Å²) in [4.78, 5) is 17.1. The molecule has 7 nitrogen and oxygen atoms in total. The third-order valence-corrected chi connectivity index (χ3v) is 4.77. The van der Waals surface area contributed by atoms with Crippen LogP contribution in [0.3, 0.4) is 0 Å². The number of sulfonamides is 1. The van der Waals surface area contributed by atoms with Gasteiger partial charge in [0.25, 0.3) is 10.0 Å². The van der Waals surface area contributed by atoms with E-state index in [4.69, 9.17) is 4.74 Å². The van der Waals surface area contributed by atoms with Gasteiger partial charge < -0.3 is 4.74 Å². The Balaban J connectivity index is 1.81. The van der Waals surface area contributed by atoms with Crippen LogP contribution in [0.15, 0.2) is 47.5 Å². The van der Waals surface area contributed by atoms with Crippen LogP contribution in [-0.4, -0.2) is 32.6 Å². The van der Waals surface area contributed by atoms with Crippen molar-refractivity contribution in [2.45, 2.75) is 11.8 Å². The molecule has 1 N–H and O–H groups in total. The summed E-state index contributed by atoms with van der Waals surface area (Å²) in [6.07, 6.45) is 1.11. The number of carbonyl (C=O) groups is 1. The minimum atomic E-state index is -3.70. The lowest BCUT2D eigenvalue weighted by atomic mass is 10.3. The Hall–Kier alpha value is -2.61. The molecule has 0 bridgehead atoms. The molecule has 1 saturated heterocycles. The van der Waals surface area contributed by atoms with Crippen molar-refractivity contribution in [2.24, 2.45) is 0 Å². The quantitative estimate of drug-likeness (QED) is 0.926. The summed E-state index contributed by atoms with van der Waals surface area (Å²) in [5.41, 5.74) is 1.77. The number of hydrogen-bond acceptors (Lipinski definition) is 5. The molecule has 0 aliphatic carbocycles. The molecule has 120 valence electrons. The van der Waals surface area contributed by atoms with E-state index in [0.29, 0.717) is 30.2 Å². The maximum Gasteiger partial charge on any atom is 0.414 e. The van der Waals surface area contributed by atoms with Gasteiger partial charge in [-0.25, -0.2) is 13.2 Å². The molecular weight excluding hydrogens is 318 g/mol. The molecule has 1 aliphatic heterocycles. The SMILES string of the molecule is Cc1cc(NS(=O)(=O)c2ccc(N3CCOC3=O)cc2)ccn1. The zero-order valence-electron chi connectivity index (χ0n) is 12.4. The third kappa shape index (κ3) is 3.26. The number of pyridine rings is 1. The molecule has 2 heterocycles. The number of anilines is 2. The van der Waals surface area contributed by atoms with Gasteiger partial charge in [0, 0.05) is 17.6 Å². The van der Waals surface area contributed by atoms with E-state index in [-0.39, 0.29) is 4.90 Å². The Labute approximate surface area is 134 Å². The maximum absolute atomic E-state index is 12.4. The zero-order chi connectivity index (χ0) is 16.4. The molecule has 1 aromatic heterocycles. The van der Waals surface area contributed by atoms with E-state index in [0.717, 1.165) is 0 Å². The van der Waals surface area contributed by atoms with Crippen LogP contribution in [0.2, 0.25) is 0 Å². The molecule has 1 aliphatic rings. The predicted molar refractivity (Wildman–Crippen MR) is 84.9 cm³/mol. The molecule has 2 aromatic rings. The van der Waals surface area contributed by atoms with Crippen LogP contribution in [0.25, 0.3) is 0 Å². The number of cyclic esters (lactones) is 1. The Morgan fingerprint density at radius 3 is 2.57 bits per heavy atom. The summed E-state index contributed by atoms with van der Waals surface area (Å²) in [6, 6.07) is 9.30. The second kappa shape index (κ2) is 5.88. The van der Waals surface area contributed by atoms with Crippen LogP contribution in [0.1, 0.15) is 5.69 Å². The molecule has 0 atom stereocenters. The Kier molecular flexibility index (Phi) is 3.91. The summed E-state index contributed by atoms with van der Waals surface area (Å²) in [5.74, 6) is 0. The molecule has 8 heteroatoms. The molecule has 23 heavy (non-hydrogen) atoms. The monoisotopic (exact) mass is 333 g/mol. The van der Waals surface area contributed by atoms with Gasteiger partial charge in [0.2, 0.25) is 0 Å². The minimum absolute atomic E-state index is 0.114. The Morgan fingerprint density at radius 2 is 1.96 bits per heavy atom. The van der Waals surface area contributed by atoms with Crippen molar-refractivity contribution in [2.75, 3.05) is 22.8 Å². The molecule has 0 saturated carbocycles. The molecule has 3 rings (SSSR count). The highest BCUT2D eigenvalue weighted by atomic mass is 32.2. The van der Waals surface area contributed by atoms with Gasteiger partial charge in [-0.15, -0.1) is 0 Å². The van der Waals surface area contributed by atoms with Crippen LogP contribution in [0.5, 0.6) is 0 Å². The van der Waals surface area contributed by atoms with Gasteiger partial charge in [-0.1, -0.05) is 0 Å². The topological polar surface area (TPSA) is 88.6 Å². The average molecular weight is 333 g/mol. The van der Waals surface area contributed by atoms with Gasteiger partial charge in [0.05, 0.1) is 17.1 Å². The predicted octanol–water partition coefficient (Wildman–Crippen LogP) is 2.15. The smallest absolute Gasteiger partial charge is 0.414 e. The molecular formula is C15H15N3O4S. The van der Waals surface area contributed by atoms with E-state index >= 15 is 0 Å². The van der Waals surface area contributed by atoms with E-state index in [1.54, 1.807) is 31.2 Å². The van der Waals surface area contributed by atoms with Gasteiger partial charge in [-0.2, -0.15) is 0 Å². The molecule has 0 unspecified atom stereocenters. The van der Waals surface area contributed by atoms with Crippen molar-refractivity contribution in [3.63, 3.8) is 0 Å². The summed E-state index contributed by atoms with van der Waals surface area (Å²) in [5, 5.41) is 0. The molecule has 1 fully saturated rings. The van der Waals surface area contributed by atoms with E-state index in [9.17, 15) is 13.2 Å². The third-order valence-electron chi connectivity index (χ3n) is 3.37. The lowest BCUT2D eigenvalue weighted by Crippen LogP contribution is -2.23. The number of aryl methyl sites for hydroxylation is 1. The van der Waals surface area contributed by atoms with Gasteiger partial charge in [-0.05, 0) is 43.3 Å². The fraction of sp³-hybridized carbons (Fsp3) is 0.200. The van der Waals surface area contributed by atoms with E-state index in [1.807, 2.05) is 0 Å². The summed E-state index contributed by atoms with van der Waals surface area (Å²) >= 11 is 0. The first kappa shape index (κ1) is 15.3. The van der Waals surface area contributed by atoms with Gasteiger partial charge >= 0.3 is 6.09 Å². The number of rotatable bonds is 4. The van der Waals surface area contributed by atoms with Crippen LogP contribution in [0, 0.1) is 6.92 Å². The summed E-state index contributed by atoms with van der Waals surface area (Å²) < 4.78 is 32.1. The number of nitrogens with one attached hydrogen (secondary N) is 1. The fourth-order valence-electron chi connectivity index (χ4n) is 2.26. The first-order chi connectivity index (χ1) is 11.0. The number of nitrogens with zero attached hydrogens (tertiary/aromatic N) is 2. The Bertz CT molecular complexity index is 834. The number of hydrogen-bond donors (Lipinski definition) is 1. The van der Waals surface area contributed by atoms with Crippen molar-refractivity contribution < 1.29 is 17.9 Å². The fourth-order valence-corrected chi connectivity index (χ4v) is 3.31. The van der Waals surface area contributed by atoms with Crippen LogP contribution in [-0.2, 0) is 14.8 Å². The minimum Gasteiger partial charge on any atom is -0.447 e. The van der Waals surface area contributed by atoms with Gasteiger partial charge in [0.15, 0.2) is 0 Å². The normalized spacial score (nSPS) is 14.7. The van der Waals surface area contributed by atoms with Crippen molar-refractivity contribution in [3.05, 3.63) is 48.3 Å². The average Bonchev–Trinajstić information content (AvgIpc) is 2.93. The first-order valence-corrected chi connectivity index (χ1v) is 8.44. The summed E-state index contributed by atoms with van der Waals surface area (Å²) in [6.45, 7) is 2.57. The number of benzene rings is 1. The highest BCUT2D eigenvalue weighted by molar-refractivity contribution is 7.92. The second-order valence-electron chi connectivity index (χ2n) is 5.05. The lowest BCUT2D eigenvalue weighted by molar-refractivity contribution is 0.181. The van der Waals surface area contributed by atoms with Gasteiger partial charge in [0.1, 0.15) is 6.61 Å². The van der Waals surface area contributed by atoms with Crippen LogP contribution >= 0.6 is 0 Å². The zero-order valence-corrected chi connectivity index (χ0v) is 13.2. The second-order valence-corrected chi connectivity index (χ2v) is 6.73. The number of ether oxygens (including phenoxy) is 1.